The first-order valence-electron chi connectivity index (χ1n) is 7.44. The number of fused-ring (bicyclic) bond motifs is 1. The molecule has 0 aliphatic heterocycles. The molecule has 0 fully saturated rings. The molecule has 0 radical (unpaired) electrons. The maximum absolute atomic E-state index is 12.7. The van der Waals surface area contributed by atoms with Gasteiger partial charge in [0.25, 0.3) is 0 Å². The van der Waals surface area contributed by atoms with Gasteiger partial charge >= 0.3 is 0 Å². The maximum atomic E-state index is 12.7. The van der Waals surface area contributed by atoms with Crippen molar-refractivity contribution < 1.29 is 4.79 Å². The largest absolute Gasteiger partial charge is 0.321 e. The third-order valence-corrected chi connectivity index (χ3v) is 4.46. The Bertz CT molecular complexity index is 690. The van der Waals surface area contributed by atoms with Crippen molar-refractivity contribution in [2.24, 2.45) is 0 Å². The molecule has 0 spiro atoms. The van der Waals surface area contributed by atoms with E-state index >= 15 is 0 Å². The Labute approximate surface area is 130 Å². The maximum Gasteiger partial charge on any atom is 0.185 e. The molecule has 3 rings (SSSR count). The fourth-order valence-corrected chi connectivity index (χ4v) is 3.40. The molecule has 2 aromatic rings. The summed E-state index contributed by atoms with van der Waals surface area (Å²) in [5.74, 6) is 1.02. The number of aryl methyl sites for hydroxylation is 2. The SMILES string of the molecule is Cc1nc2c(n1C(C)C(=O)c1cccc(Cl)c1)CCCC2. The molecule has 1 aliphatic rings. The van der Waals surface area contributed by atoms with Gasteiger partial charge < -0.3 is 4.57 Å². The highest BCUT2D eigenvalue weighted by molar-refractivity contribution is 6.31. The monoisotopic (exact) mass is 302 g/mol. The predicted octanol–water partition coefficient (Wildman–Crippen LogP) is 4.17. The summed E-state index contributed by atoms with van der Waals surface area (Å²) in [5.41, 5.74) is 3.07. The van der Waals surface area contributed by atoms with Crippen LogP contribution in [0, 0.1) is 6.92 Å². The molecule has 110 valence electrons. The lowest BCUT2D eigenvalue weighted by molar-refractivity contribution is 0.0932. The Morgan fingerprint density at radius 2 is 2.10 bits per heavy atom. The Balaban J connectivity index is 1.97. The lowest BCUT2D eigenvalue weighted by Crippen LogP contribution is -2.21. The molecule has 0 saturated heterocycles. The topological polar surface area (TPSA) is 34.9 Å². The van der Waals surface area contributed by atoms with Crippen LogP contribution in [0.15, 0.2) is 24.3 Å². The summed E-state index contributed by atoms with van der Waals surface area (Å²) in [5, 5.41) is 0.595. The molecule has 1 heterocycles. The minimum Gasteiger partial charge on any atom is -0.321 e. The first kappa shape index (κ1) is 14.3. The van der Waals surface area contributed by atoms with E-state index in [1.54, 1.807) is 12.1 Å². The van der Waals surface area contributed by atoms with Gasteiger partial charge in [-0.3, -0.25) is 4.79 Å². The predicted molar refractivity (Wildman–Crippen MR) is 84.1 cm³/mol. The van der Waals surface area contributed by atoms with Gasteiger partial charge in [0.1, 0.15) is 5.82 Å². The molecule has 1 unspecified atom stereocenters. The van der Waals surface area contributed by atoms with Crippen LogP contribution >= 0.6 is 11.6 Å². The third kappa shape index (κ3) is 2.62. The van der Waals surface area contributed by atoms with Crippen LogP contribution in [0.1, 0.15) is 53.4 Å². The molecule has 21 heavy (non-hydrogen) atoms. The van der Waals surface area contributed by atoms with Crippen molar-refractivity contribution in [1.82, 2.24) is 9.55 Å². The molecule has 0 saturated carbocycles. The normalized spacial score (nSPS) is 15.6. The fourth-order valence-electron chi connectivity index (χ4n) is 3.21. The average Bonchev–Trinajstić information content (AvgIpc) is 2.81. The number of carbonyl (C=O) groups excluding carboxylic acids is 1. The Morgan fingerprint density at radius 3 is 2.86 bits per heavy atom. The summed E-state index contributed by atoms with van der Waals surface area (Å²) in [6.45, 7) is 3.94. The van der Waals surface area contributed by atoms with Gasteiger partial charge in [0.15, 0.2) is 5.78 Å². The second-order valence-corrected chi connectivity index (χ2v) is 6.12. The van der Waals surface area contributed by atoms with Crippen molar-refractivity contribution in [3.63, 3.8) is 0 Å². The smallest absolute Gasteiger partial charge is 0.185 e. The Kier molecular flexibility index (Phi) is 3.85. The van der Waals surface area contributed by atoms with Gasteiger partial charge in [-0.2, -0.15) is 0 Å². The zero-order chi connectivity index (χ0) is 15.0. The molecule has 1 aromatic carbocycles. The fraction of sp³-hybridized carbons (Fsp3) is 0.412. The van der Waals surface area contributed by atoms with Crippen LogP contribution < -0.4 is 0 Å². The zero-order valence-electron chi connectivity index (χ0n) is 12.4. The lowest BCUT2D eigenvalue weighted by atomic mass is 9.99. The van der Waals surface area contributed by atoms with Crippen molar-refractivity contribution in [2.75, 3.05) is 0 Å². The molecule has 4 heteroatoms. The second kappa shape index (κ2) is 5.64. The Hall–Kier alpha value is -1.61. The minimum absolute atomic E-state index is 0.0892. The summed E-state index contributed by atoms with van der Waals surface area (Å²) in [4.78, 5) is 17.4. The van der Waals surface area contributed by atoms with Crippen molar-refractivity contribution in [3.05, 3.63) is 52.1 Å². The average molecular weight is 303 g/mol. The van der Waals surface area contributed by atoms with E-state index in [1.807, 2.05) is 26.0 Å². The highest BCUT2D eigenvalue weighted by Gasteiger charge is 2.25. The second-order valence-electron chi connectivity index (χ2n) is 5.68. The molecule has 1 aliphatic carbocycles. The number of hydrogen-bond donors (Lipinski definition) is 0. The first-order valence-corrected chi connectivity index (χ1v) is 7.82. The van der Waals surface area contributed by atoms with Gasteiger partial charge in [-0.25, -0.2) is 4.98 Å². The summed E-state index contributed by atoms with van der Waals surface area (Å²) in [6, 6.07) is 6.92. The number of hydrogen-bond acceptors (Lipinski definition) is 2. The summed E-state index contributed by atoms with van der Waals surface area (Å²) >= 11 is 5.99. The number of Topliss-reactive ketones (excluding diaryl/α,β-unsaturated/α-hetero) is 1. The van der Waals surface area contributed by atoms with Crippen LogP contribution in [0.2, 0.25) is 5.02 Å². The van der Waals surface area contributed by atoms with Gasteiger partial charge in [-0.05, 0) is 51.7 Å². The number of nitrogens with zero attached hydrogens (tertiary/aromatic N) is 2. The first-order chi connectivity index (χ1) is 10.1. The highest BCUT2D eigenvalue weighted by atomic mass is 35.5. The standard InChI is InChI=1S/C17H19ClN2O/c1-11(17(21)13-6-5-7-14(18)10-13)20-12(2)19-15-8-3-4-9-16(15)20/h5-7,10-11H,3-4,8-9H2,1-2H3. The molecule has 3 nitrogen and oxygen atoms in total. The van der Waals surface area contributed by atoms with Gasteiger partial charge in [-0.15, -0.1) is 0 Å². The molecular formula is C17H19ClN2O. The number of aromatic nitrogens is 2. The van der Waals surface area contributed by atoms with Crippen molar-refractivity contribution in [2.45, 2.75) is 45.6 Å². The molecular weight excluding hydrogens is 284 g/mol. The number of ketones is 1. The van der Waals surface area contributed by atoms with Crippen LogP contribution in [0.4, 0.5) is 0 Å². The van der Waals surface area contributed by atoms with E-state index in [1.165, 1.54) is 24.2 Å². The quantitative estimate of drug-likeness (QED) is 0.798. The van der Waals surface area contributed by atoms with Crippen LogP contribution in [0.5, 0.6) is 0 Å². The number of halogens is 1. The van der Waals surface area contributed by atoms with Gasteiger partial charge in [0.2, 0.25) is 0 Å². The van der Waals surface area contributed by atoms with Crippen LogP contribution in [0.3, 0.4) is 0 Å². The van der Waals surface area contributed by atoms with E-state index in [-0.39, 0.29) is 11.8 Å². The summed E-state index contributed by atoms with van der Waals surface area (Å²) in [7, 11) is 0. The van der Waals surface area contributed by atoms with E-state index in [0.717, 1.165) is 18.7 Å². The number of imidazole rings is 1. The van der Waals surface area contributed by atoms with E-state index in [0.29, 0.717) is 10.6 Å². The molecule has 0 N–H and O–H groups in total. The van der Waals surface area contributed by atoms with E-state index in [2.05, 4.69) is 9.55 Å². The zero-order valence-corrected chi connectivity index (χ0v) is 13.2. The number of benzene rings is 1. The van der Waals surface area contributed by atoms with Crippen LogP contribution in [0.25, 0.3) is 0 Å². The lowest BCUT2D eigenvalue weighted by Gasteiger charge is -2.20. The summed E-state index contributed by atoms with van der Waals surface area (Å²) in [6.07, 6.45) is 4.42. The molecule has 1 atom stereocenters. The van der Waals surface area contributed by atoms with E-state index < -0.39 is 0 Å². The number of carbonyl (C=O) groups is 1. The van der Waals surface area contributed by atoms with Gasteiger partial charge in [0.05, 0.1) is 11.7 Å². The molecule has 0 bridgehead atoms. The van der Waals surface area contributed by atoms with Crippen molar-refractivity contribution in [3.8, 4) is 0 Å². The van der Waals surface area contributed by atoms with Gasteiger partial charge in [0, 0.05) is 16.3 Å². The van der Waals surface area contributed by atoms with E-state index in [4.69, 9.17) is 11.6 Å². The molecule has 0 amide bonds. The number of rotatable bonds is 3. The van der Waals surface area contributed by atoms with Crippen LogP contribution in [-0.2, 0) is 12.8 Å². The molecule has 1 aromatic heterocycles. The summed E-state index contributed by atoms with van der Waals surface area (Å²) < 4.78 is 2.11. The minimum atomic E-state index is -0.238. The van der Waals surface area contributed by atoms with Crippen molar-refractivity contribution >= 4 is 17.4 Å². The third-order valence-electron chi connectivity index (χ3n) is 4.22. The van der Waals surface area contributed by atoms with Crippen LogP contribution in [-0.4, -0.2) is 15.3 Å². The van der Waals surface area contributed by atoms with Gasteiger partial charge in [-0.1, -0.05) is 23.7 Å². The van der Waals surface area contributed by atoms with E-state index in [9.17, 15) is 4.79 Å². The van der Waals surface area contributed by atoms with Crippen molar-refractivity contribution in [1.29, 1.82) is 0 Å². The Morgan fingerprint density at radius 1 is 1.33 bits per heavy atom. The highest BCUT2D eigenvalue weighted by Crippen LogP contribution is 2.27.